The predicted molar refractivity (Wildman–Crippen MR) is 80.5 cm³/mol. The Morgan fingerprint density at radius 2 is 2.05 bits per heavy atom. The number of aliphatic hydroxyl groups is 1. The van der Waals surface area contributed by atoms with Crippen molar-refractivity contribution in [1.29, 1.82) is 0 Å². The minimum absolute atomic E-state index is 0.0424. The van der Waals surface area contributed by atoms with Gasteiger partial charge in [0.25, 0.3) is 0 Å². The quantitative estimate of drug-likeness (QED) is 0.710. The Morgan fingerprint density at radius 1 is 1.43 bits per heavy atom. The molecular formula is C14H22N2O4S. The van der Waals surface area contributed by atoms with Crippen molar-refractivity contribution in [3.05, 3.63) is 23.3 Å². The van der Waals surface area contributed by atoms with Crippen molar-refractivity contribution in [2.24, 2.45) is 0 Å². The van der Waals surface area contributed by atoms with E-state index in [0.29, 0.717) is 13.0 Å². The van der Waals surface area contributed by atoms with Gasteiger partial charge in [-0.25, -0.2) is 13.1 Å². The molecule has 0 saturated carbocycles. The molecule has 6 nitrogen and oxygen atoms in total. The van der Waals surface area contributed by atoms with Gasteiger partial charge in [0.1, 0.15) is 10.5 Å². The third-order valence-electron chi connectivity index (χ3n) is 4.14. The highest BCUT2D eigenvalue weighted by Crippen LogP contribution is 2.27. The number of sulfonamides is 1. The lowest BCUT2D eigenvalue weighted by Crippen LogP contribution is -2.47. The maximum Gasteiger partial charge on any atom is 0.242 e. The number of benzene rings is 1. The number of rotatable bonds is 4. The predicted octanol–water partition coefficient (Wildman–Crippen LogP) is 0.704. The van der Waals surface area contributed by atoms with Gasteiger partial charge in [0.15, 0.2) is 0 Å². The van der Waals surface area contributed by atoms with Gasteiger partial charge in [-0.05, 0) is 44.0 Å². The summed E-state index contributed by atoms with van der Waals surface area (Å²) in [6.45, 7) is 5.75. The van der Waals surface area contributed by atoms with Crippen LogP contribution in [0.15, 0.2) is 17.0 Å². The molecule has 1 aromatic carbocycles. The summed E-state index contributed by atoms with van der Waals surface area (Å²) in [6.07, 6.45) is -0.00340. The van der Waals surface area contributed by atoms with E-state index in [1.807, 2.05) is 13.8 Å². The fourth-order valence-electron chi connectivity index (χ4n) is 2.35. The fourth-order valence-corrected chi connectivity index (χ4v) is 3.64. The zero-order valence-electron chi connectivity index (χ0n) is 12.5. The molecule has 1 saturated heterocycles. The van der Waals surface area contributed by atoms with E-state index in [2.05, 4.69) is 4.72 Å². The molecule has 4 N–H and O–H groups in total. The number of aryl methyl sites for hydroxylation is 2. The Morgan fingerprint density at radius 3 is 2.62 bits per heavy atom. The van der Waals surface area contributed by atoms with Crippen LogP contribution in [0.5, 0.6) is 0 Å². The summed E-state index contributed by atoms with van der Waals surface area (Å²) in [5.41, 5.74) is 6.62. The first-order chi connectivity index (χ1) is 9.66. The summed E-state index contributed by atoms with van der Waals surface area (Å²) in [6, 6.07) is 3.19. The van der Waals surface area contributed by atoms with Gasteiger partial charge in [0.2, 0.25) is 10.0 Å². The van der Waals surface area contributed by atoms with E-state index in [4.69, 9.17) is 10.5 Å². The highest BCUT2D eigenvalue weighted by molar-refractivity contribution is 7.89. The normalized spacial score (nSPS) is 26.2. The van der Waals surface area contributed by atoms with E-state index in [0.717, 1.165) is 11.1 Å². The molecule has 0 aromatic heterocycles. The van der Waals surface area contributed by atoms with Gasteiger partial charge >= 0.3 is 0 Å². The minimum atomic E-state index is -3.77. The largest absolute Gasteiger partial charge is 0.398 e. The van der Waals surface area contributed by atoms with Gasteiger partial charge in [-0.2, -0.15) is 0 Å². The van der Waals surface area contributed by atoms with Crippen molar-refractivity contribution < 1.29 is 18.3 Å². The monoisotopic (exact) mass is 314 g/mol. The van der Waals surface area contributed by atoms with Crippen LogP contribution in [0, 0.1) is 13.8 Å². The van der Waals surface area contributed by atoms with Crippen LogP contribution in [0.1, 0.15) is 24.5 Å². The molecule has 1 aliphatic rings. The standard InChI is InChI=1S/C14H22N2O4S/c1-9-6-12(15)13(7-10(9)2)21(18,19)16-8-14(17)4-5-20-11(14)3/h6-7,11,16-17H,4-5,8,15H2,1-3H3. The zero-order valence-corrected chi connectivity index (χ0v) is 13.3. The second-order valence-electron chi connectivity index (χ2n) is 5.67. The van der Waals surface area contributed by atoms with Crippen molar-refractivity contribution in [2.75, 3.05) is 18.9 Å². The molecule has 1 heterocycles. The summed E-state index contributed by atoms with van der Waals surface area (Å²) in [5.74, 6) is 0. The van der Waals surface area contributed by atoms with Gasteiger partial charge < -0.3 is 15.6 Å². The Labute approximate surface area is 125 Å². The summed E-state index contributed by atoms with van der Waals surface area (Å²) in [7, 11) is -3.77. The lowest BCUT2D eigenvalue weighted by atomic mass is 9.97. The zero-order chi connectivity index (χ0) is 15.8. The fraction of sp³-hybridized carbons (Fsp3) is 0.571. The van der Waals surface area contributed by atoms with Crippen LogP contribution in [-0.4, -0.2) is 38.4 Å². The summed E-state index contributed by atoms with van der Waals surface area (Å²) in [5, 5.41) is 10.4. The van der Waals surface area contributed by atoms with Crippen molar-refractivity contribution in [3.8, 4) is 0 Å². The molecule has 0 radical (unpaired) electrons. The molecular weight excluding hydrogens is 292 g/mol. The van der Waals surface area contributed by atoms with Crippen molar-refractivity contribution in [3.63, 3.8) is 0 Å². The van der Waals surface area contributed by atoms with Crippen molar-refractivity contribution >= 4 is 15.7 Å². The lowest BCUT2D eigenvalue weighted by molar-refractivity contribution is -0.0228. The molecule has 1 fully saturated rings. The maximum absolute atomic E-state index is 12.4. The topological polar surface area (TPSA) is 102 Å². The maximum atomic E-state index is 12.4. The molecule has 21 heavy (non-hydrogen) atoms. The third kappa shape index (κ3) is 3.21. The Balaban J connectivity index is 2.21. The number of hydrogen-bond acceptors (Lipinski definition) is 5. The molecule has 1 aromatic rings. The number of nitrogens with two attached hydrogens (primary N) is 1. The highest BCUT2D eigenvalue weighted by atomic mass is 32.2. The van der Waals surface area contributed by atoms with Gasteiger partial charge in [-0.15, -0.1) is 0 Å². The molecule has 0 aliphatic carbocycles. The molecule has 0 bridgehead atoms. The first kappa shape index (κ1) is 16.2. The van der Waals surface area contributed by atoms with Crippen molar-refractivity contribution in [1.82, 2.24) is 4.72 Å². The molecule has 7 heteroatoms. The third-order valence-corrected chi connectivity index (χ3v) is 5.60. The Bertz CT molecular complexity index is 645. The summed E-state index contributed by atoms with van der Waals surface area (Å²) in [4.78, 5) is 0.0424. The first-order valence-corrected chi connectivity index (χ1v) is 8.34. The molecule has 2 atom stereocenters. The van der Waals surface area contributed by atoms with Crippen molar-refractivity contribution in [2.45, 2.75) is 43.8 Å². The van der Waals surface area contributed by atoms with Gasteiger partial charge in [-0.1, -0.05) is 0 Å². The second-order valence-corrected chi connectivity index (χ2v) is 7.40. The van der Waals surface area contributed by atoms with Crippen LogP contribution in [0.2, 0.25) is 0 Å². The van der Waals surface area contributed by atoms with Crippen LogP contribution in [0.4, 0.5) is 5.69 Å². The van der Waals surface area contributed by atoms with Gasteiger partial charge in [-0.3, -0.25) is 0 Å². The van der Waals surface area contributed by atoms with Crippen LogP contribution in [-0.2, 0) is 14.8 Å². The minimum Gasteiger partial charge on any atom is -0.398 e. The van der Waals surface area contributed by atoms with E-state index >= 15 is 0 Å². The van der Waals surface area contributed by atoms with Gasteiger partial charge in [0.05, 0.1) is 11.8 Å². The van der Waals surface area contributed by atoms with Crippen LogP contribution in [0.25, 0.3) is 0 Å². The molecule has 0 spiro atoms. The molecule has 118 valence electrons. The SMILES string of the molecule is Cc1cc(N)c(S(=O)(=O)NCC2(O)CCOC2C)cc1C. The van der Waals surface area contributed by atoms with E-state index in [-0.39, 0.29) is 17.1 Å². The summed E-state index contributed by atoms with van der Waals surface area (Å²) >= 11 is 0. The van der Waals surface area contributed by atoms with Crippen LogP contribution >= 0.6 is 0 Å². The molecule has 0 amide bonds. The molecule has 1 aliphatic heterocycles. The average Bonchev–Trinajstić information content (AvgIpc) is 2.72. The lowest BCUT2D eigenvalue weighted by Gasteiger charge is -2.26. The summed E-state index contributed by atoms with van der Waals surface area (Å²) < 4.78 is 32.5. The van der Waals surface area contributed by atoms with Crippen LogP contribution in [0.3, 0.4) is 0 Å². The number of ether oxygens (including phenoxy) is 1. The molecule has 2 unspecified atom stereocenters. The van der Waals surface area contributed by atoms with E-state index in [1.54, 1.807) is 19.1 Å². The van der Waals surface area contributed by atoms with E-state index in [9.17, 15) is 13.5 Å². The average molecular weight is 314 g/mol. The smallest absolute Gasteiger partial charge is 0.242 e. The number of hydrogen-bond donors (Lipinski definition) is 3. The number of nitrogen functional groups attached to an aromatic ring is 1. The van der Waals surface area contributed by atoms with Crippen LogP contribution < -0.4 is 10.5 Å². The number of anilines is 1. The Hall–Kier alpha value is -1.15. The first-order valence-electron chi connectivity index (χ1n) is 6.86. The Kier molecular flexibility index (Phi) is 4.30. The molecule has 2 rings (SSSR count). The van der Waals surface area contributed by atoms with Gasteiger partial charge in [0, 0.05) is 19.6 Å². The number of nitrogens with one attached hydrogen (secondary N) is 1. The van der Waals surface area contributed by atoms with E-state index in [1.165, 1.54) is 0 Å². The van der Waals surface area contributed by atoms with E-state index < -0.39 is 21.7 Å². The highest BCUT2D eigenvalue weighted by Gasteiger charge is 2.40. The second kappa shape index (κ2) is 5.57.